The SMILES string of the molecule is CCCCCCCC[Si](Cl)(CCCCCC)OCC. The van der Waals surface area contributed by atoms with Gasteiger partial charge in [-0.15, -0.1) is 11.1 Å². The fraction of sp³-hybridized carbons (Fsp3) is 1.00. The first kappa shape index (κ1) is 19.5. The van der Waals surface area contributed by atoms with E-state index in [1.807, 2.05) is 0 Å². The number of hydrogen-bond donors (Lipinski definition) is 0. The summed E-state index contributed by atoms with van der Waals surface area (Å²) in [6.45, 7) is 7.39. The van der Waals surface area contributed by atoms with Gasteiger partial charge in [0.2, 0.25) is 0 Å². The van der Waals surface area contributed by atoms with E-state index in [4.69, 9.17) is 15.5 Å². The van der Waals surface area contributed by atoms with Gasteiger partial charge >= 0.3 is 0 Å². The summed E-state index contributed by atoms with van der Waals surface area (Å²) in [5.41, 5.74) is 0. The molecular formula is C16H35ClOSi. The van der Waals surface area contributed by atoms with Crippen LogP contribution in [0.3, 0.4) is 0 Å². The van der Waals surface area contributed by atoms with Crippen molar-refractivity contribution in [2.24, 2.45) is 0 Å². The second kappa shape index (κ2) is 13.4. The lowest BCUT2D eigenvalue weighted by Gasteiger charge is -2.24. The molecule has 0 rings (SSSR count). The molecule has 0 aromatic heterocycles. The van der Waals surface area contributed by atoms with Gasteiger partial charge in [0.15, 0.2) is 0 Å². The minimum absolute atomic E-state index is 0.791. The molecule has 0 aliphatic rings. The summed E-state index contributed by atoms with van der Waals surface area (Å²) in [5, 5.41) is 0. The van der Waals surface area contributed by atoms with Gasteiger partial charge in [0.1, 0.15) is 0 Å². The number of halogens is 1. The Morgan fingerprint density at radius 3 is 1.58 bits per heavy atom. The number of rotatable bonds is 14. The largest absolute Gasteiger partial charge is 0.403 e. The molecule has 0 spiro atoms. The van der Waals surface area contributed by atoms with Crippen LogP contribution in [-0.2, 0) is 4.43 Å². The maximum absolute atomic E-state index is 6.78. The average Bonchev–Trinajstić information content (AvgIpc) is 2.39. The van der Waals surface area contributed by atoms with Gasteiger partial charge in [-0.05, 0) is 19.0 Å². The molecule has 1 unspecified atom stereocenters. The standard InChI is InChI=1S/C16H35ClOSi/c1-4-7-9-11-12-14-16-19(17,18-6-3)15-13-10-8-5-2/h4-16H2,1-3H3. The third-order valence-electron chi connectivity index (χ3n) is 3.71. The quantitative estimate of drug-likeness (QED) is 0.198. The normalized spacial score (nSPS) is 14.5. The highest BCUT2D eigenvalue weighted by molar-refractivity contribution is 7.16. The van der Waals surface area contributed by atoms with E-state index >= 15 is 0 Å². The molecule has 0 aliphatic carbocycles. The third kappa shape index (κ3) is 12.0. The molecule has 0 bridgehead atoms. The van der Waals surface area contributed by atoms with Crippen LogP contribution in [0.15, 0.2) is 0 Å². The molecule has 0 heterocycles. The van der Waals surface area contributed by atoms with Gasteiger partial charge in [-0.3, -0.25) is 0 Å². The summed E-state index contributed by atoms with van der Waals surface area (Å²) < 4.78 is 5.94. The molecule has 0 radical (unpaired) electrons. The highest BCUT2D eigenvalue weighted by Gasteiger charge is 2.31. The Morgan fingerprint density at radius 1 is 0.684 bits per heavy atom. The van der Waals surface area contributed by atoms with Gasteiger partial charge in [0, 0.05) is 6.61 Å². The predicted molar refractivity (Wildman–Crippen MR) is 90.4 cm³/mol. The molecule has 0 aromatic carbocycles. The summed E-state index contributed by atoms with van der Waals surface area (Å²) in [6.07, 6.45) is 13.3. The monoisotopic (exact) mass is 306 g/mol. The Hall–Kier alpha value is 0.467. The molecule has 0 saturated carbocycles. The van der Waals surface area contributed by atoms with Crippen molar-refractivity contribution in [3.8, 4) is 0 Å². The average molecular weight is 307 g/mol. The zero-order valence-electron chi connectivity index (χ0n) is 13.5. The van der Waals surface area contributed by atoms with E-state index in [1.165, 1.54) is 64.2 Å². The number of hydrogen-bond acceptors (Lipinski definition) is 1. The second-order valence-corrected chi connectivity index (χ2v) is 10.8. The Bertz CT molecular complexity index is 190. The van der Waals surface area contributed by atoms with Gasteiger partial charge in [0.05, 0.1) is 0 Å². The smallest absolute Gasteiger partial charge is 0.290 e. The van der Waals surface area contributed by atoms with Crippen LogP contribution >= 0.6 is 11.1 Å². The topological polar surface area (TPSA) is 9.23 Å². The van der Waals surface area contributed by atoms with E-state index in [0.29, 0.717) is 0 Å². The van der Waals surface area contributed by atoms with Crippen molar-refractivity contribution < 1.29 is 4.43 Å². The van der Waals surface area contributed by atoms with E-state index in [-0.39, 0.29) is 0 Å². The van der Waals surface area contributed by atoms with Crippen molar-refractivity contribution in [1.29, 1.82) is 0 Å². The van der Waals surface area contributed by atoms with Crippen LogP contribution in [0.5, 0.6) is 0 Å². The zero-order valence-corrected chi connectivity index (χ0v) is 15.2. The van der Waals surface area contributed by atoms with Crippen LogP contribution in [-0.4, -0.2) is 14.2 Å². The van der Waals surface area contributed by atoms with Gasteiger partial charge < -0.3 is 4.43 Å². The molecule has 19 heavy (non-hydrogen) atoms. The molecule has 0 fully saturated rings. The van der Waals surface area contributed by atoms with E-state index in [1.54, 1.807) is 0 Å². The van der Waals surface area contributed by atoms with Crippen LogP contribution in [0, 0.1) is 0 Å². The Balaban J connectivity index is 3.74. The highest BCUT2D eigenvalue weighted by atomic mass is 35.6. The van der Waals surface area contributed by atoms with Crippen LogP contribution < -0.4 is 0 Å². The highest BCUT2D eigenvalue weighted by Crippen LogP contribution is 2.28. The van der Waals surface area contributed by atoms with Crippen molar-refractivity contribution in [3.05, 3.63) is 0 Å². The third-order valence-corrected chi connectivity index (χ3v) is 8.18. The van der Waals surface area contributed by atoms with Gasteiger partial charge in [0.25, 0.3) is 7.63 Å². The van der Waals surface area contributed by atoms with E-state index < -0.39 is 7.63 Å². The van der Waals surface area contributed by atoms with Gasteiger partial charge in [-0.1, -0.05) is 78.1 Å². The Labute approximate surface area is 127 Å². The van der Waals surface area contributed by atoms with Crippen molar-refractivity contribution in [1.82, 2.24) is 0 Å². The fourth-order valence-electron chi connectivity index (χ4n) is 2.51. The van der Waals surface area contributed by atoms with E-state index in [9.17, 15) is 0 Å². The Kier molecular flexibility index (Phi) is 13.8. The maximum Gasteiger partial charge on any atom is 0.290 e. The lowest BCUT2D eigenvalue weighted by Crippen LogP contribution is -2.31. The summed E-state index contributed by atoms with van der Waals surface area (Å²) in [4.78, 5) is 0. The molecular weight excluding hydrogens is 272 g/mol. The molecule has 0 aromatic rings. The number of unbranched alkanes of at least 4 members (excludes halogenated alkanes) is 8. The first-order valence-corrected chi connectivity index (χ1v) is 11.8. The van der Waals surface area contributed by atoms with Gasteiger partial charge in [-0.25, -0.2) is 0 Å². The molecule has 0 amide bonds. The summed E-state index contributed by atoms with van der Waals surface area (Å²) >= 11 is 6.78. The molecule has 0 N–H and O–H groups in total. The molecule has 1 atom stereocenters. The lowest BCUT2D eigenvalue weighted by atomic mass is 10.1. The van der Waals surface area contributed by atoms with Crippen molar-refractivity contribution in [3.63, 3.8) is 0 Å². The summed E-state index contributed by atoms with van der Waals surface area (Å²) in [7, 11) is -1.90. The van der Waals surface area contributed by atoms with Crippen molar-refractivity contribution in [2.45, 2.75) is 97.1 Å². The zero-order chi connectivity index (χ0) is 14.4. The first-order chi connectivity index (χ1) is 9.18. The van der Waals surface area contributed by atoms with Crippen LogP contribution in [0.25, 0.3) is 0 Å². The van der Waals surface area contributed by atoms with E-state index in [2.05, 4.69) is 20.8 Å². The molecule has 0 aliphatic heterocycles. The van der Waals surface area contributed by atoms with Crippen LogP contribution in [0.4, 0.5) is 0 Å². The Morgan fingerprint density at radius 2 is 1.11 bits per heavy atom. The molecule has 1 nitrogen and oxygen atoms in total. The minimum atomic E-state index is -1.90. The summed E-state index contributed by atoms with van der Waals surface area (Å²) in [5.74, 6) is 0. The maximum atomic E-state index is 6.78. The first-order valence-electron chi connectivity index (χ1n) is 8.51. The van der Waals surface area contributed by atoms with Gasteiger partial charge in [-0.2, -0.15) is 0 Å². The van der Waals surface area contributed by atoms with Crippen LogP contribution in [0.1, 0.15) is 85.0 Å². The predicted octanol–water partition coefficient (Wildman–Crippen LogP) is 6.64. The summed E-state index contributed by atoms with van der Waals surface area (Å²) in [6, 6.07) is 2.30. The minimum Gasteiger partial charge on any atom is -0.403 e. The van der Waals surface area contributed by atoms with Crippen molar-refractivity contribution in [2.75, 3.05) is 6.61 Å². The van der Waals surface area contributed by atoms with Crippen LogP contribution in [0.2, 0.25) is 12.1 Å². The lowest BCUT2D eigenvalue weighted by molar-refractivity contribution is 0.331. The fourth-order valence-corrected chi connectivity index (χ4v) is 6.25. The molecule has 0 saturated heterocycles. The molecule has 3 heteroatoms. The van der Waals surface area contributed by atoms with E-state index in [0.717, 1.165) is 18.7 Å². The van der Waals surface area contributed by atoms with Crippen molar-refractivity contribution >= 4 is 18.7 Å². The molecule has 116 valence electrons. The second-order valence-electron chi connectivity index (χ2n) is 5.64.